The van der Waals surface area contributed by atoms with E-state index >= 15 is 0 Å². The molecular weight excluding hydrogens is 434 g/mol. The van der Waals surface area contributed by atoms with Crippen LogP contribution in [0.2, 0.25) is 0 Å². The van der Waals surface area contributed by atoms with Crippen molar-refractivity contribution < 1.29 is 9.21 Å². The Labute approximate surface area is 184 Å². The van der Waals surface area contributed by atoms with E-state index in [-0.39, 0.29) is 17.2 Å². The Morgan fingerprint density at radius 2 is 2.00 bits per heavy atom. The minimum Gasteiger partial charge on any atom is -0.467 e. The first-order valence-corrected chi connectivity index (χ1v) is 11.4. The lowest BCUT2D eigenvalue weighted by Crippen LogP contribution is -2.24. The van der Waals surface area contributed by atoms with E-state index in [0.29, 0.717) is 34.5 Å². The van der Waals surface area contributed by atoms with E-state index in [0.717, 1.165) is 11.1 Å². The standard InChI is InChI=1S/C21H17N5O3S2/c27-17(22-11-15-7-4-9-29-15)13-31-21-24-23-20-25(12-14-5-2-1-3-6-14)19(28)18-16(26(20)21)8-10-30-18/h1-10H,11-13H2,(H,22,27). The van der Waals surface area contributed by atoms with Crippen molar-refractivity contribution in [2.75, 3.05) is 5.75 Å². The topological polar surface area (TPSA) is 94.4 Å². The van der Waals surface area contributed by atoms with Gasteiger partial charge in [-0.15, -0.1) is 21.5 Å². The van der Waals surface area contributed by atoms with Crippen LogP contribution in [0.25, 0.3) is 16.0 Å². The number of fused-ring (bicyclic) bond motifs is 3. The number of carbonyl (C=O) groups excluding carboxylic acids is 1. The van der Waals surface area contributed by atoms with Crippen molar-refractivity contribution in [3.05, 3.63) is 81.9 Å². The minimum absolute atomic E-state index is 0.0958. The first kappa shape index (κ1) is 19.6. The molecule has 0 aliphatic rings. The summed E-state index contributed by atoms with van der Waals surface area (Å²) >= 11 is 2.66. The average Bonchev–Trinajstić information content (AvgIpc) is 3.54. The molecule has 8 nitrogen and oxygen atoms in total. The van der Waals surface area contributed by atoms with Crippen LogP contribution in [-0.4, -0.2) is 30.8 Å². The number of carbonyl (C=O) groups is 1. The van der Waals surface area contributed by atoms with Gasteiger partial charge >= 0.3 is 0 Å². The second kappa shape index (κ2) is 8.40. The summed E-state index contributed by atoms with van der Waals surface area (Å²) in [6, 6.07) is 15.2. The molecule has 4 heterocycles. The Kier molecular flexibility index (Phi) is 5.31. The van der Waals surface area contributed by atoms with Crippen LogP contribution in [0.3, 0.4) is 0 Å². The molecule has 1 N–H and O–H groups in total. The maximum Gasteiger partial charge on any atom is 0.273 e. The summed E-state index contributed by atoms with van der Waals surface area (Å²) in [5, 5.41) is 13.8. The van der Waals surface area contributed by atoms with Gasteiger partial charge in [-0.2, -0.15) is 0 Å². The van der Waals surface area contributed by atoms with Crippen LogP contribution in [0.4, 0.5) is 0 Å². The Morgan fingerprint density at radius 1 is 1.13 bits per heavy atom. The molecule has 1 amide bonds. The lowest BCUT2D eigenvalue weighted by molar-refractivity contribution is -0.118. The summed E-state index contributed by atoms with van der Waals surface area (Å²) in [6.45, 7) is 0.724. The predicted octanol–water partition coefficient (Wildman–Crippen LogP) is 3.16. The highest BCUT2D eigenvalue weighted by Gasteiger charge is 2.18. The molecule has 0 spiro atoms. The first-order chi connectivity index (χ1) is 15.2. The number of thiophene rings is 1. The van der Waals surface area contributed by atoms with E-state index in [1.54, 1.807) is 23.0 Å². The Bertz CT molecular complexity index is 1400. The molecular formula is C21H17N5O3S2. The fraction of sp³-hybridized carbons (Fsp3) is 0.143. The second-order valence-electron chi connectivity index (χ2n) is 6.77. The van der Waals surface area contributed by atoms with Gasteiger partial charge in [0.05, 0.1) is 30.6 Å². The van der Waals surface area contributed by atoms with Crippen molar-refractivity contribution in [2.24, 2.45) is 0 Å². The van der Waals surface area contributed by atoms with Gasteiger partial charge in [-0.25, -0.2) is 0 Å². The Hall–Kier alpha value is -3.37. The first-order valence-electron chi connectivity index (χ1n) is 9.51. The van der Waals surface area contributed by atoms with Crippen LogP contribution < -0.4 is 10.9 Å². The summed E-state index contributed by atoms with van der Waals surface area (Å²) in [7, 11) is 0. The molecule has 156 valence electrons. The average molecular weight is 452 g/mol. The molecule has 0 unspecified atom stereocenters. The van der Waals surface area contributed by atoms with Crippen molar-refractivity contribution >= 4 is 45.0 Å². The van der Waals surface area contributed by atoms with Crippen LogP contribution in [0.1, 0.15) is 11.3 Å². The van der Waals surface area contributed by atoms with Crippen LogP contribution in [0.5, 0.6) is 0 Å². The van der Waals surface area contributed by atoms with E-state index in [1.165, 1.54) is 23.1 Å². The number of thioether (sulfide) groups is 1. The molecule has 5 aromatic rings. The zero-order valence-electron chi connectivity index (χ0n) is 16.2. The van der Waals surface area contributed by atoms with Crippen LogP contribution in [0, 0.1) is 0 Å². The van der Waals surface area contributed by atoms with Gasteiger partial charge in [-0.05, 0) is 29.1 Å². The van der Waals surface area contributed by atoms with Gasteiger partial charge in [0.2, 0.25) is 11.7 Å². The van der Waals surface area contributed by atoms with Crippen molar-refractivity contribution in [1.82, 2.24) is 24.5 Å². The number of amides is 1. The van der Waals surface area contributed by atoms with E-state index in [4.69, 9.17) is 4.42 Å². The number of furan rings is 1. The van der Waals surface area contributed by atoms with Gasteiger partial charge < -0.3 is 9.73 Å². The SMILES string of the molecule is O=C(CSc1nnc2n(Cc3ccccc3)c(=O)c3sccc3n12)NCc1ccco1. The molecule has 5 rings (SSSR count). The number of nitrogens with zero attached hydrogens (tertiary/aromatic N) is 4. The van der Waals surface area contributed by atoms with Gasteiger partial charge in [0.1, 0.15) is 10.5 Å². The van der Waals surface area contributed by atoms with E-state index < -0.39 is 0 Å². The summed E-state index contributed by atoms with van der Waals surface area (Å²) < 4.78 is 9.33. The third-order valence-electron chi connectivity index (χ3n) is 4.74. The third-order valence-corrected chi connectivity index (χ3v) is 6.56. The number of hydrogen-bond acceptors (Lipinski definition) is 7. The van der Waals surface area contributed by atoms with Gasteiger partial charge in [-0.3, -0.25) is 18.6 Å². The number of rotatable bonds is 7. The fourth-order valence-corrected chi connectivity index (χ4v) is 4.88. The molecule has 0 radical (unpaired) electrons. The van der Waals surface area contributed by atoms with Crippen molar-refractivity contribution in [3.63, 3.8) is 0 Å². The lowest BCUT2D eigenvalue weighted by atomic mass is 10.2. The van der Waals surface area contributed by atoms with E-state index in [9.17, 15) is 9.59 Å². The summed E-state index contributed by atoms with van der Waals surface area (Å²) in [5.74, 6) is 1.18. The van der Waals surface area contributed by atoms with Gasteiger partial charge in [0, 0.05) is 0 Å². The highest BCUT2D eigenvalue weighted by atomic mass is 32.2. The van der Waals surface area contributed by atoms with E-state index in [1.807, 2.05) is 46.2 Å². The molecule has 0 aliphatic carbocycles. The molecule has 0 bridgehead atoms. The number of nitrogens with one attached hydrogen (secondary N) is 1. The van der Waals surface area contributed by atoms with Gasteiger partial charge in [-0.1, -0.05) is 42.1 Å². The summed E-state index contributed by atoms with van der Waals surface area (Å²) in [5.41, 5.74) is 1.65. The quantitative estimate of drug-likeness (QED) is 0.382. The smallest absolute Gasteiger partial charge is 0.273 e. The molecule has 0 saturated carbocycles. The molecule has 0 atom stereocenters. The Balaban J connectivity index is 1.44. The largest absolute Gasteiger partial charge is 0.467 e. The molecule has 0 aliphatic heterocycles. The molecule has 1 aromatic carbocycles. The fourth-order valence-electron chi connectivity index (χ4n) is 3.28. The van der Waals surface area contributed by atoms with Gasteiger partial charge in [0.25, 0.3) is 5.56 Å². The number of aromatic nitrogens is 4. The highest BCUT2D eigenvalue weighted by Crippen LogP contribution is 2.24. The maximum atomic E-state index is 13.1. The van der Waals surface area contributed by atoms with Crippen molar-refractivity contribution in [1.29, 1.82) is 0 Å². The van der Waals surface area contributed by atoms with Crippen LogP contribution >= 0.6 is 23.1 Å². The zero-order chi connectivity index (χ0) is 21.2. The molecule has 0 saturated heterocycles. The monoisotopic (exact) mass is 451 g/mol. The van der Waals surface area contributed by atoms with Crippen LogP contribution in [-0.2, 0) is 17.9 Å². The van der Waals surface area contributed by atoms with Crippen molar-refractivity contribution in [3.8, 4) is 0 Å². The maximum absolute atomic E-state index is 13.1. The van der Waals surface area contributed by atoms with E-state index in [2.05, 4.69) is 15.5 Å². The highest BCUT2D eigenvalue weighted by molar-refractivity contribution is 7.99. The number of hydrogen-bond donors (Lipinski definition) is 1. The predicted molar refractivity (Wildman–Crippen MR) is 119 cm³/mol. The molecule has 4 aromatic heterocycles. The normalized spacial score (nSPS) is 11.4. The number of benzene rings is 1. The van der Waals surface area contributed by atoms with Crippen LogP contribution in [0.15, 0.2) is 74.5 Å². The van der Waals surface area contributed by atoms with Gasteiger partial charge in [0.15, 0.2) is 5.16 Å². The Morgan fingerprint density at radius 3 is 2.81 bits per heavy atom. The molecule has 10 heteroatoms. The summed E-state index contributed by atoms with van der Waals surface area (Å²) in [6.07, 6.45) is 1.57. The minimum atomic E-state index is -0.141. The lowest BCUT2D eigenvalue weighted by Gasteiger charge is -2.09. The molecule has 31 heavy (non-hydrogen) atoms. The summed E-state index contributed by atoms with van der Waals surface area (Å²) in [4.78, 5) is 25.4. The second-order valence-corrected chi connectivity index (χ2v) is 8.63. The van der Waals surface area contributed by atoms with Crippen molar-refractivity contribution in [2.45, 2.75) is 18.2 Å². The molecule has 0 fully saturated rings. The third kappa shape index (κ3) is 3.87. The zero-order valence-corrected chi connectivity index (χ0v) is 17.9.